The zero-order valence-corrected chi connectivity index (χ0v) is 8.41. The van der Waals surface area contributed by atoms with E-state index in [1.807, 2.05) is 0 Å². The van der Waals surface area contributed by atoms with Gasteiger partial charge in [-0.15, -0.1) is 0 Å². The van der Waals surface area contributed by atoms with Crippen molar-refractivity contribution < 1.29 is 10.3 Å². The van der Waals surface area contributed by atoms with Gasteiger partial charge in [0.1, 0.15) is 6.10 Å². The van der Waals surface area contributed by atoms with Crippen molar-refractivity contribution in [1.29, 1.82) is 0 Å². The SMILES string of the molecule is CC1(C)[C@H]2CC[C@]1(C)[C@H](O)/C2=N/O. The van der Waals surface area contributed by atoms with Gasteiger partial charge < -0.3 is 10.3 Å². The molecule has 0 unspecified atom stereocenters. The third-order valence-corrected chi connectivity index (χ3v) is 4.65. The van der Waals surface area contributed by atoms with Crippen molar-refractivity contribution in [3.05, 3.63) is 0 Å². The quantitative estimate of drug-likeness (QED) is 0.443. The molecule has 0 aromatic heterocycles. The highest BCUT2D eigenvalue weighted by atomic mass is 16.4. The first-order chi connectivity index (χ1) is 5.95. The molecule has 0 spiro atoms. The second-order valence-corrected chi connectivity index (χ2v) is 5.16. The first-order valence-electron chi connectivity index (χ1n) is 4.85. The number of hydrogen-bond acceptors (Lipinski definition) is 3. The van der Waals surface area contributed by atoms with Gasteiger partial charge in [0.25, 0.3) is 0 Å². The molecule has 0 amide bonds. The van der Waals surface area contributed by atoms with Gasteiger partial charge in [-0.1, -0.05) is 25.9 Å². The van der Waals surface area contributed by atoms with Crippen molar-refractivity contribution in [3.63, 3.8) is 0 Å². The Morgan fingerprint density at radius 2 is 2.00 bits per heavy atom. The van der Waals surface area contributed by atoms with Crippen LogP contribution in [0.25, 0.3) is 0 Å². The van der Waals surface area contributed by atoms with Gasteiger partial charge in [-0.25, -0.2) is 0 Å². The first kappa shape index (κ1) is 9.00. The summed E-state index contributed by atoms with van der Waals surface area (Å²) in [4.78, 5) is 0. The van der Waals surface area contributed by atoms with Crippen molar-refractivity contribution in [2.45, 2.75) is 39.7 Å². The molecular weight excluding hydrogens is 166 g/mol. The summed E-state index contributed by atoms with van der Waals surface area (Å²) < 4.78 is 0. The number of rotatable bonds is 0. The second kappa shape index (κ2) is 2.27. The molecule has 13 heavy (non-hydrogen) atoms. The Kier molecular flexibility index (Phi) is 1.57. The predicted molar refractivity (Wildman–Crippen MR) is 49.8 cm³/mol. The average Bonchev–Trinajstić information content (AvgIpc) is 2.36. The van der Waals surface area contributed by atoms with Gasteiger partial charge in [-0.2, -0.15) is 0 Å². The lowest BCUT2D eigenvalue weighted by Gasteiger charge is -2.35. The van der Waals surface area contributed by atoms with E-state index in [4.69, 9.17) is 5.21 Å². The Hall–Kier alpha value is -0.570. The summed E-state index contributed by atoms with van der Waals surface area (Å²) >= 11 is 0. The molecule has 3 nitrogen and oxygen atoms in total. The van der Waals surface area contributed by atoms with Gasteiger partial charge in [0, 0.05) is 11.3 Å². The lowest BCUT2D eigenvalue weighted by Crippen LogP contribution is -2.37. The average molecular weight is 183 g/mol. The van der Waals surface area contributed by atoms with Crippen LogP contribution in [0.3, 0.4) is 0 Å². The van der Waals surface area contributed by atoms with Crippen LogP contribution in [-0.4, -0.2) is 22.1 Å². The Morgan fingerprint density at radius 3 is 2.31 bits per heavy atom. The van der Waals surface area contributed by atoms with Crippen LogP contribution < -0.4 is 0 Å². The normalized spacial score (nSPS) is 50.3. The summed E-state index contributed by atoms with van der Waals surface area (Å²) in [6, 6.07) is 0. The number of hydrogen-bond donors (Lipinski definition) is 2. The number of aliphatic hydroxyl groups is 1. The highest BCUT2D eigenvalue weighted by Gasteiger charge is 2.64. The van der Waals surface area contributed by atoms with E-state index < -0.39 is 6.10 Å². The fourth-order valence-corrected chi connectivity index (χ4v) is 3.17. The van der Waals surface area contributed by atoms with E-state index in [1.54, 1.807) is 0 Å². The monoisotopic (exact) mass is 183 g/mol. The second-order valence-electron chi connectivity index (χ2n) is 5.16. The summed E-state index contributed by atoms with van der Waals surface area (Å²) in [5, 5.41) is 22.1. The molecule has 2 aliphatic carbocycles. The molecule has 2 rings (SSSR count). The maximum atomic E-state index is 9.98. The van der Waals surface area contributed by atoms with E-state index in [1.165, 1.54) is 0 Å². The molecule has 2 bridgehead atoms. The third kappa shape index (κ3) is 0.766. The molecule has 0 aliphatic heterocycles. The zero-order valence-electron chi connectivity index (χ0n) is 8.41. The van der Waals surface area contributed by atoms with E-state index in [0.717, 1.165) is 12.8 Å². The van der Waals surface area contributed by atoms with Crippen LogP contribution >= 0.6 is 0 Å². The molecule has 0 heterocycles. The molecule has 3 atom stereocenters. The molecule has 0 saturated heterocycles. The molecular formula is C10H17NO2. The van der Waals surface area contributed by atoms with Crippen LogP contribution in [0.15, 0.2) is 5.16 Å². The number of fused-ring (bicyclic) bond motifs is 2. The van der Waals surface area contributed by atoms with E-state index in [-0.39, 0.29) is 16.7 Å². The standard InChI is InChI=1S/C10H17NO2/c1-9(2)6-4-5-10(9,3)8(12)7(6)11-13/h6,8,12-13H,4-5H2,1-3H3/b11-7+/t6-,8+,10+/m0/s1. The van der Waals surface area contributed by atoms with E-state index in [2.05, 4.69) is 25.9 Å². The molecule has 2 saturated carbocycles. The Morgan fingerprint density at radius 1 is 1.38 bits per heavy atom. The number of nitrogens with zero attached hydrogens (tertiary/aromatic N) is 1. The lowest BCUT2D eigenvalue weighted by molar-refractivity contribution is 0.0332. The lowest BCUT2D eigenvalue weighted by atomic mass is 9.70. The largest absolute Gasteiger partial charge is 0.411 e. The van der Waals surface area contributed by atoms with E-state index in [9.17, 15) is 5.11 Å². The van der Waals surface area contributed by atoms with Gasteiger partial charge in [-0.05, 0) is 18.3 Å². The molecule has 2 N–H and O–H groups in total. The van der Waals surface area contributed by atoms with Crippen molar-refractivity contribution in [2.24, 2.45) is 21.9 Å². The van der Waals surface area contributed by atoms with Crippen LogP contribution in [0.4, 0.5) is 0 Å². The summed E-state index contributed by atoms with van der Waals surface area (Å²) in [6.07, 6.45) is 1.52. The summed E-state index contributed by atoms with van der Waals surface area (Å²) in [7, 11) is 0. The smallest absolute Gasteiger partial charge is 0.102 e. The fraction of sp³-hybridized carbons (Fsp3) is 0.900. The maximum Gasteiger partial charge on any atom is 0.102 e. The van der Waals surface area contributed by atoms with Gasteiger partial charge >= 0.3 is 0 Å². The molecule has 74 valence electrons. The number of aliphatic hydroxyl groups excluding tert-OH is 1. The van der Waals surface area contributed by atoms with Crippen LogP contribution in [-0.2, 0) is 0 Å². The molecule has 2 fully saturated rings. The molecule has 3 heteroatoms. The Balaban J connectivity index is 2.51. The molecule has 0 aromatic carbocycles. The third-order valence-electron chi connectivity index (χ3n) is 4.65. The first-order valence-corrected chi connectivity index (χ1v) is 4.85. The Labute approximate surface area is 78.4 Å². The topological polar surface area (TPSA) is 52.8 Å². The molecule has 0 radical (unpaired) electrons. The minimum Gasteiger partial charge on any atom is -0.411 e. The van der Waals surface area contributed by atoms with Gasteiger partial charge in [-0.3, -0.25) is 0 Å². The van der Waals surface area contributed by atoms with Crippen LogP contribution in [0.1, 0.15) is 33.6 Å². The highest BCUT2D eigenvalue weighted by molar-refractivity contribution is 5.95. The minimum absolute atomic E-state index is 0.0635. The molecule has 0 aromatic rings. The van der Waals surface area contributed by atoms with Crippen molar-refractivity contribution in [1.82, 2.24) is 0 Å². The predicted octanol–water partition coefficient (Wildman–Crippen LogP) is 1.63. The fourth-order valence-electron chi connectivity index (χ4n) is 3.17. The molecule has 2 aliphatic rings. The van der Waals surface area contributed by atoms with E-state index in [0.29, 0.717) is 5.71 Å². The van der Waals surface area contributed by atoms with Crippen molar-refractivity contribution >= 4 is 5.71 Å². The van der Waals surface area contributed by atoms with Gasteiger partial charge in [0.05, 0.1) is 5.71 Å². The summed E-state index contributed by atoms with van der Waals surface area (Å²) in [5.41, 5.74) is 0.562. The van der Waals surface area contributed by atoms with Crippen molar-refractivity contribution in [2.75, 3.05) is 0 Å². The van der Waals surface area contributed by atoms with Crippen LogP contribution in [0, 0.1) is 16.7 Å². The minimum atomic E-state index is -0.550. The van der Waals surface area contributed by atoms with Gasteiger partial charge in [0.15, 0.2) is 0 Å². The zero-order chi connectivity index (χ0) is 9.85. The van der Waals surface area contributed by atoms with Crippen LogP contribution in [0.2, 0.25) is 0 Å². The summed E-state index contributed by atoms with van der Waals surface area (Å²) in [6.45, 7) is 6.41. The number of oxime groups is 1. The van der Waals surface area contributed by atoms with Crippen LogP contribution in [0.5, 0.6) is 0 Å². The van der Waals surface area contributed by atoms with Crippen molar-refractivity contribution in [3.8, 4) is 0 Å². The Bertz CT molecular complexity index is 272. The summed E-state index contributed by atoms with van der Waals surface area (Å²) in [5.74, 6) is 0.262. The van der Waals surface area contributed by atoms with E-state index >= 15 is 0 Å². The van der Waals surface area contributed by atoms with Gasteiger partial charge in [0.2, 0.25) is 0 Å². The maximum absolute atomic E-state index is 9.98. The highest BCUT2D eigenvalue weighted by Crippen LogP contribution is 2.64.